The molecule has 2 heterocycles. The Morgan fingerprint density at radius 2 is 1.92 bits per heavy atom. The van der Waals surface area contributed by atoms with Crippen LogP contribution in [0.25, 0.3) is 0 Å². The van der Waals surface area contributed by atoms with Crippen LogP contribution in [-0.2, 0) is 16.1 Å². The molecule has 1 aliphatic heterocycles. The van der Waals surface area contributed by atoms with Gasteiger partial charge in [0, 0.05) is 32.8 Å². The topological polar surface area (TPSA) is 97.7 Å². The molecule has 0 saturated carbocycles. The number of halogens is 2. The SMILES string of the molecule is CCOC(C)c1noc(CN2CCN(C(=O)[C@@H](C)N)CC2)n1.Cl.Cl. The van der Waals surface area contributed by atoms with E-state index in [1.54, 1.807) is 11.8 Å². The molecule has 140 valence electrons. The second-order valence-electron chi connectivity index (χ2n) is 5.53. The van der Waals surface area contributed by atoms with E-state index in [0.717, 1.165) is 13.1 Å². The van der Waals surface area contributed by atoms with Gasteiger partial charge in [0.2, 0.25) is 11.8 Å². The van der Waals surface area contributed by atoms with E-state index in [-0.39, 0.29) is 36.8 Å². The predicted octanol–water partition coefficient (Wildman–Crippen LogP) is 1.00. The minimum Gasteiger partial charge on any atom is -0.371 e. The minimum absolute atomic E-state index is 0. The summed E-state index contributed by atoms with van der Waals surface area (Å²) in [4.78, 5) is 20.2. The van der Waals surface area contributed by atoms with Crippen molar-refractivity contribution in [2.24, 2.45) is 5.73 Å². The van der Waals surface area contributed by atoms with E-state index in [0.29, 0.717) is 38.0 Å². The summed E-state index contributed by atoms with van der Waals surface area (Å²) in [6, 6.07) is -0.440. The summed E-state index contributed by atoms with van der Waals surface area (Å²) in [6.07, 6.45) is -0.164. The van der Waals surface area contributed by atoms with E-state index in [1.807, 2.05) is 13.8 Å². The molecule has 2 atom stereocenters. The lowest BCUT2D eigenvalue weighted by atomic mass is 10.2. The zero-order valence-electron chi connectivity index (χ0n) is 14.3. The molecule has 1 unspecified atom stereocenters. The lowest BCUT2D eigenvalue weighted by molar-refractivity contribution is -0.134. The molecule has 0 aliphatic carbocycles. The zero-order valence-corrected chi connectivity index (χ0v) is 15.9. The molecule has 1 amide bonds. The van der Waals surface area contributed by atoms with Crippen LogP contribution in [0.1, 0.15) is 38.6 Å². The summed E-state index contributed by atoms with van der Waals surface area (Å²) in [7, 11) is 0. The summed E-state index contributed by atoms with van der Waals surface area (Å²) in [5, 5.41) is 3.95. The fourth-order valence-corrected chi connectivity index (χ4v) is 2.43. The van der Waals surface area contributed by atoms with Crippen molar-refractivity contribution in [1.82, 2.24) is 19.9 Å². The zero-order chi connectivity index (χ0) is 16.1. The molecule has 1 saturated heterocycles. The molecule has 0 spiro atoms. The summed E-state index contributed by atoms with van der Waals surface area (Å²) < 4.78 is 10.7. The normalized spacial score (nSPS) is 17.6. The second-order valence-corrected chi connectivity index (χ2v) is 5.53. The van der Waals surface area contributed by atoms with E-state index in [4.69, 9.17) is 15.0 Å². The number of rotatable bonds is 6. The van der Waals surface area contributed by atoms with Gasteiger partial charge in [0.25, 0.3) is 0 Å². The number of ether oxygens (including phenoxy) is 1. The number of hydrogen-bond acceptors (Lipinski definition) is 7. The molecule has 0 aromatic carbocycles. The van der Waals surface area contributed by atoms with E-state index in [2.05, 4.69) is 15.0 Å². The van der Waals surface area contributed by atoms with Crippen LogP contribution in [0, 0.1) is 0 Å². The molecule has 10 heteroatoms. The molecule has 0 radical (unpaired) electrons. The number of nitrogens with two attached hydrogens (primary N) is 1. The average molecular weight is 384 g/mol. The molecule has 1 aromatic heterocycles. The first-order valence-corrected chi connectivity index (χ1v) is 7.72. The van der Waals surface area contributed by atoms with Gasteiger partial charge in [0.15, 0.2) is 5.82 Å². The highest BCUT2D eigenvalue weighted by atomic mass is 35.5. The molecule has 0 bridgehead atoms. The van der Waals surface area contributed by atoms with E-state index in [1.165, 1.54) is 0 Å². The molecular formula is C14H27Cl2N5O3. The van der Waals surface area contributed by atoms with Gasteiger partial charge in [-0.3, -0.25) is 9.69 Å². The van der Waals surface area contributed by atoms with Crippen LogP contribution in [-0.4, -0.2) is 64.7 Å². The number of aromatic nitrogens is 2. The third-order valence-electron chi connectivity index (χ3n) is 3.70. The number of amides is 1. The van der Waals surface area contributed by atoms with Crippen LogP contribution < -0.4 is 5.73 Å². The Kier molecular flexibility index (Phi) is 10.4. The number of piperazine rings is 1. The van der Waals surface area contributed by atoms with E-state index >= 15 is 0 Å². The van der Waals surface area contributed by atoms with Gasteiger partial charge in [-0.25, -0.2) is 0 Å². The van der Waals surface area contributed by atoms with Crippen molar-refractivity contribution in [3.8, 4) is 0 Å². The molecule has 2 rings (SSSR count). The van der Waals surface area contributed by atoms with Gasteiger partial charge in [-0.2, -0.15) is 4.98 Å². The number of hydrogen-bond donors (Lipinski definition) is 1. The molecule has 2 N–H and O–H groups in total. The Bertz CT molecular complexity index is 493. The maximum absolute atomic E-state index is 11.8. The highest BCUT2D eigenvalue weighted by Gasteiger charge is 2.24. The van der Waals surface area contributed by atoms with Crippen molar-refractivity contribution in [2.45, 2.75) is 39.5 Å². The van der Waals surface area contributed by atoms with Crippen LogP contribution >= 0.6 is 24.8 Å². The Labute approximate surface area is 154 Å². The second kappa shape index (κ2) is 10.8. The van der Waals surface area contributed by atoms with Gasteiger partial charge in [-0.05, 0) is 20.8 Å². The molecular weight excluding hydrogens is 357 g/mol. The smallest absolute Gasteiger partial charge is 0.240 e. The Hall–Kier alpha value is -0.930. The molecule has 1 aliphatic rings. The molecule has 1 aromatic rings. The van der Waals surface area contributed by atoms with E-state index in [9.17, 15) is 4.79 Å². The average Bonchev–Trinajstić information content (AvgIpc) is 2.96. The first-order chi connectivity index (χ1) is 10.5. The van der Waals surface area contributed by atoms with Crippen molar-refractivity contribution in [2.75, 3.05) is 32.8 Å². The van der Waals surface area contributed by atoms with Crippen LogP contribution in [0.3, 0.4) is 0 Å². The van der Waals surface area contributed by atoms with Crippen molar-refractivity contribution in [3.63, 3.8) is 0 Å². The standard InChI is InChI=1S/C14H25N5O3.2ClH/c1-4-21-11(3)13-16-12(22-17-13)9-18-5-7-19(8-6-18)14(20)10(2)15;;/h10-11H,4-9,15H2,1-3H3;2*1H/t10-,11?;;/m1../s1. The predicted molar refractivity (Wildman–Crippen MR) is 94.3 cm³/mol. The fraction of sp³-hybridized carbons (Fsp3) is 0.786. The van der Waals surface area contributed by atoms with E-state index < -0.39 is 6.04 Å². The first kappa shape index (κ1) is 23.1. The van der Waals surface area contributed by atoms with Gasteiger partial charge in [-0.1, -0.05) is 5.16 Å². The number of nitrogens with zero attached hydrogens (tertiary/aromatic N) is 4. The molecule has 24 heavy (non-hydrogen) atoms. The van der Waals surface area contributed by atoms with Crippen molar-refractivity contribution >= 4 is 30.7 Å². The fourth-order valence-electron chi connectivity index (χ4n) is 2.43. The number of carbonyl (C=O) groups excluding carboxylic acids is 1. The number of carbonyl (C=O) groups is 1. The lowest BCUT2D eigenvalue weighted by Crippen LogP contribution is -2.52. The van der Waals surface area contributed by atoms with Crippen molar-refractivity contribution in [1.29, 1.82) is 0 Å². The third kappa shape index (κ3) is 6.18. The minimum atomic E-state index is -0.440. The maximum atomic E-state index is 11.8. The maximum Gasteiger partial charge on any atom is 0.240 e. The molecule has 8 nitrogen and oxygen atoms in total. The summed E-state index contributed by atoms with van der Waals surface area (Å²) in [6.45, 7) is 9.65. The summed E-state index contributed by atoms with van der Waals surface area (Å²) >= 11 is 0. The highest BCUT2D eigenvalue weighted by Crippen LogP contribution is 2.14. The Morgan fingerprint density at radius 3 is 2.46 bits per heavy atom. The van der Waals surface area contributed by atoms with Crippen LogP contribution in [0.4, 0.5) is 0 Å². The van der Waals surface area contributed by atoms with Gasteiger partial charge in [0.1, 0.15) is 6.10 Å². The summed E-state index contributed by atoms with van der Waals surface area (Å²) in [5.41, 5.74) is 5.63. The monoisotopic (exact) mass is 383 g/mol. The van der Waals surface area contributed by atoms with Gasteiger partial charge in [0.05, 0.1) is 12.6 Å². The van der Waals surface area contributed by atoms with Gasteiger partial charge in [-0.15, -0.1) is 24.8 Å². The highest BCUT2D eigenvalue weighted by molar-refractivity contribution is 5.85. The van der Waals surface area contributed by atoms with Crippen molar-refractivity contribution in [3.05, 3.63) is 11.7 Å². The molecule has 1 fully saturated rings. The Morgan fingerprint density at radius 1 is 1.29 bits per heavy atom. The quantitative estimate of drug-likeness (QED) is 0.781. The largest absolute Gasteiger partial charge is 0.371 e. The van der Waals surface area contributed by atoms with Crippen molar-refractivity contribution < 1.29 is 14.1 Å². The van der Waals surface area contributed by atoms with Crippen LogP contribution in [0.5, 0.6) is 0 Å². The summed E-state index contributed by atoms with van der Waals surface area (Å²) in [5.74, 6) is 1.15. The van der Waals surface area contributed by atoms with Crippen LogP contribution in [0.15, 0.2) is 4.52 Å². The first-order valence-electron chi connectivity index (χ1n) is 7.72. The Balaban J connectivity index is 0.00000264. The van der Waals surface area contributed by atoms with Gasteiger partial charge < -0.3 is 19.9 Å². The van der Waals surface area contributed by atoms with Gasteiger partial charge >= 0.3 is 0 Å². The lowest BCUT2D eigenvalue weighted by Gasteiger charge is -2.34. The van der Waals surface area contributed by atoms with Crippen LogP contribution in [0.2, 0.25) is 0 Å². The third-order valence-corrected chi connectivity index (χ3v) is 3.70.